The zero-order valence-electron chi connectivity index (χ0n) is 11.3. The SMILES string of the molecule is CCCNCc1cc(Cl)ccc1-n1ccc(C(N)=O)n1. The number of halogens is 1. The molecule has 3 N–H and O–H groups in total. The third kappa shape index (κ3) is 3.37. The second-order valence-electron chi connectivity index (χ2n) is 4.46. The van der Waals surface area contributed by atoms with Crippen molar-refractivity contribution in [2.75, 3.05) is 6.54 Å². The van der Waals surface area contributed by atoms with Crippen molar-refractivity contribution in [3.8, 4) is 5.69 Å². The van der Waals surface area contributed by atoms with Crippen LogP contribution in [-0.4, -0.2) is 22.2 Å². The molecule has 0 saturated heterocycles. The van der Waals surface area contributed by atoms with Crippen LogP contribution in [0, 0.1) is 0 Å². The molecule has 0 unspecified atom stereocenters. The molecule has 2 aromatic rings. The van der Waals surface area contributed by atoms with Crippen LogP contribution in [0.5, 0.6) is 0 Å². The van der Waals surface area contributed by atoms with Gasteiger partial charge in [-0.2, -0.15) is 5.10 Å². The van der Waals surface area contributed by atoms with Gasteiger partial charge in [0.2, 0.25) is 0 Å². The minimum atomic E-state index is -0.539. The van der Waals surface area contributed by atoms with Gasteiger partial charge in [0.15, 0.2) is 0 Å². The molecule has 0 saturated carbocycles. The first-order valence-corrected chi connectivity index (χ1v) is 6.84. The van der Waals surface area contributed by atoms with Crippen LogP contribution < -0.4 is 11.1 Å². The van der Waals surface area contributed by atoms with Gasteiger partial charge in [-0.1, -0.05) is 18.5 Å². The minimum absolute atomic E-state index is 0.243. The first-order valence-electron chi connectivity index (χ1n) is 6.47. The van der Waals surface area contributed by atoms with E-state index in [9.17, 15) is 4.79 Å². The van der Waals surface area contributed by atoms with Crippen molar-refractivity contribution >= 4 is 17.5 Å². The minimum Gasteiger partial charge on any atom is -0.364 e. The summed E-state index contributed by atoms with van der Waals surface area (Å²) in [6, 6.07) is 7.17. The van der Waals surface area contributed by atoms with E-state index in [-0.39, 0.29) is 5.69 Å². The average Bonchev–Trinajstić information content (AvgIpc) is 2.89. The summed E-state index contributed by atoms with van der Waals surface area (Å²) in [5.74, 6) is -0.539. The highest BCUT2D eigenvalue weighted by atomic mass is 35.5. The molecule has 0 atom stereocenters. The number of hydrogen-bond donors (Lipinski definition) is 2. The summed E-state index contributed by atoms with van der Waals surface area (Å²) >= 11 is 6.04. The molecular weight excluding hydrogens is 276 g/mol. The average molecular weight is 293 g/mol. The van der Waals surface area contributed by atoms with Crippen LogP contribution in [-0.2, 0) is 6.54 Å². The largest absolute Gasteiger partial charge is 0.364 e. The smallest absolute Gasteiger partial charge is 0.269 e. The molecule has 0 aliphatic heterocycles. The Morgan fingerprint density at radius 2 is 2.25 bits per heavy atom. The molecule has 0 spiro atoms. The molecule has 1 aromatic heterocycles. The highest BCUT2D eigenvalue weighted by Crippen LogP contribution is 2.19. The van der Waals surface area contributed by atoms with Gasteiger partial charge in [0, 0.05) is 17.8 Å². The highest BCUT2D eigenvalue weighted by Gasteiger charge is 2.09. The molecular formula is C14H17ClN4O. The lowest BCUT2D eigenvalue weighted by molar-refractivity contribution is 0.0995. The normalized spacial score (nSPS) is 10.7. The van der Waals surface area contributed by atoms with Crippen molar-refractivity contribution in [3.05, 3.63) is 46.7 Å². The van der Waals surface area contributed by atoms with Crippen molar-refractivity contribution in [2.45, 2.75) is 19.9 Å². The van der Waals surface area contributed by atoms with E-state index in [2.05, 4.69) is 17.3 Å². The van der Waals surface area contributed by atoms with Crippen molar-refractivity contribution in [1.82, 2.24) is 15.1 Å². The predicted molar refractivity (Wildman–Crippen MR) is 79.1 cm³/mol. The van der Waals surface area contributed by atoms with E-state index in [1.807, 2.05) is 12.1 Å². The molecule has 1 amide bonds. The van der Waals surface area contributed by atoms with Gasteiger partial charge >= 0.3 is 0 Å². The Balaban J connectivity index is 2.31. The lowest BCUT2D eigenvalue weighted by Gasteiger charge is -2.11. The van der Waals surface area contributed by atoms with Crippen molar-refractivity contribution in [2.24, 2.45) is 5.73 Å². The Morgan fingerprint density at radius 3 is 2.90 bits per heavy atom. The number of carbonyl (C=O) groups is 1. The van der Waals surface area contributed by atoms with Crippen molar-refractivity contribution in [3.63, 3.8) is 0 Å². The number of primary amides is 1. The third-order valence-electron chi connectivity index (χ3n) is 2.87. The number of carbonyl (C=O) groups excluding carboxylic acids is 1. The van der Waals surface area contributed by atoms with Crippen LogP contribution in [0.4, 0.5) is 0 Å². The van der Waals surface area contributed by atoms with E-state index >= 15 is 0 Å². The first kappa shape index (κ1) is 14.6. The molecule has 0 bridgehead atoms. The quantitative estimate of drug-likeness (QED) is 0.801. The molecule has 0 aliphatic carbocycles. The number of aromatic nitrogens is 2. The number of rotatable bonds is 6. The van der Waals surface area contributed by atoms with E-state index < -0.39 is 5.91 Å². The molecule has 20 heavy (non-hydrogen) atoms. The van der Waals surface area contributed by atoms with Gasteiger partial charge in [-0.05, 0) is 42.8 Å². The van der Waals surface area contributed by atoms with E-state index in [0.717, 1.165) is 24.2 Å². The summed E-state index contributed by atoms with van der Waals surface area (Å²) in [7, 11) is 0. The molecule has 0 radical (unpaired) electrons. The van der Waals surface area contributed by atoms with Gasteiger partial charge in [0.25, 0.3) is 5.91 Å². The summed E-state index contributed by atoms with van der Waals surface area (Å²) in [6.07, 6.45) is 2.77. The van der Waals surface area contributed by atoms with E-state index in [1.165, 1.54) is 0 Å². The number of benzene rings is 1. The Hall–Kier alpha value is -1.85. The number of nitrogens with one attached hydrogen (secondary N) is 1. The monoisotopic (exact) mass is 292 g/mol. The molecule has 106 valence electrons. The summed E-state index contributed by atoms with van der Waals surface area (Å²) in [5, 5.41) is 8.17. The van der Waals surface area contributed by atoms with Crippen LogP contribution in [0.3, 0.4) is 0 Å². The Kier molecular flexibility index (Phi) is 4.76. The maximum atomic E-state index is 11.1. The van der Waals surface area contributed by atoms with Crippen molar-refractivity contribution < 1.29 is 4.79 Å². The fourth-order valence-electron chi connectivity index (χ4n) is 1.91. The Bertz CT molecular complexity index is 609. The van der Waals surface area contributed by atoms with Gasteiger partial charge in [-0.3, -0.25) is 4.79 Å². The van der Waals surface area contributed by atoms with Gasteiger partial charge < -0.3 is 11.1 Å². The fourth-order valence-corrected chi connectivity index (χ4v) is 2.10. The predicted octanol–water partition coefficient (Wildman–Crippen LogP) is 2.12. The van der Waals surface area contributed by atoms with Crippen LogP contribution in [0.15, 0.2) is 30.5 Å². The number of nitrogens with zero attached hydrogens (tertiary/aromatic N) is 2. The van der Waals surface area contributed by atoms with Crippen LogP contribution in [0.1, 0.15) is 29.4 Å². The van der Waals surface area contributed by atoms with E-state index in [0.29, 0.717) is 11.6 Å². The summed E-state index contributed by atoms with van der Waals surface area (Å²) < 4.78 is 1.64. The van der Waals surface area contributed by atoms with Gasteiger partial charge in [-0.15, -0.1) is 0 Å². The third-order valence-corrected chi connectivity index (χ3v) is 3.11. The lowest BCUT2D eigenvalue weighted by atomic mass is 10.1. The zero-order valence-corrected chi connectivity index (χ0v) is 12.0. The van der Waals surface area contributed by atoms with Crippen molar-refractivity contribution in [1.29, 1.82) is 0 Å². The maximum absolute atomic E-state index is 11.1. The van der Waals surface area contributed by atoms with E-state index in [4.69, 9.17) is 17.3 Å². The summed E-state index contributed by atoms with van der Waals surface area (Å²) in [4.78, 5) is 11.1. The second-order valence-corrected chi connectivity index (χ2v) is 4.90. The number of nitrogens with two attached hydrogens (primary N) is 1. The standard InChI is InChI=1S/C14H17ClN4O/c1-2-6-17-9-10-8-11(15)3-4-13(10)19-7-5-12(18-19)14(16)20/h3-5,7-8,17H,2,6,9H2,1H3,(H2,16,20). The molecule has 5 nitrogen and oxygen atoms in total. The number of hydrogen-bond acceptors (Lipinski definition) is 3. The Morgan fingerprint density at radius 1 is 1.45 bits per heavy atom. The number of amides is 1. The molecule has 6 heteroatoms. The fraction of sp³-hybridized carbons (Fsp3) is 0.286. The molecule has 2 rings (SSSR count). The van der Waals surface area contributed by atoms with Crippen LogP contribution >= 0.6 is 11.6 Å². The molecule has 0 fully saturated rings. The van der Waals surface area contributed by atoms with E-state index in [1.54, 1.807) is 23.0 Å². The summed E-state index contributed by atoms with van der Waals surface area (Å²) in [6.45, 7) is 3.73. The Labute approximate surface area is 122 Å². The first-order chi connectivity index (χ1) is 9.61. The summed E-state index contributed by atoms with van der Waals surface area (Å²) in [5.41, 5.74) is 7.36. The van der Waals surface area contributed by atoms with Crippen LogP contribution in [0.25, 0.3) is 5.69 Å². The molecule has 0 aliphatic rings. The van der Waals surface area contributed by atoms with Gasteiger partial charge in [-0.25, -0.2) is 4.68 Å². The van der Waals surface area contributed by atoms with Gasteiger partial charge in [0.05, 0.1) is 5.69 Å². The second kappa shape index (κ2) is 6.54. The molecule has 1 heterocycles. The topological polar surface area (TPSA) is 72.9 Å². The maximum Gasteiger partial charge on any atom is 0.269 e. The lowest BCUT2D eigenvalue weighted by Crippen LogP contribution is -2.16. The van der Waals surface area contributed by atoms with Gasteiger partial charge in [0.1, 0.15) is 5.69 Å². The zero-order chi connectivity index (χ0) is 14.5. The molecule has 1 aromatic carbocycles. The highest BCUT2D eigenvalue weighted by molar-refractivity contribution is 6.30. The van der Waals surface area contributed by atoms with Crippen LogP contribution in [0.2, 0.25) is 5.02 Å².